The van der Waals surface area contributed by atoms with E-state index in [1.165, 1.54) is 5.56 Å². The van der Waals surface area contributed by atoms with Crippen LogP contribution < -0.4 is 14.5 Å². The second kappa shape index (κ2) is 6.56. The van der Waals surface area contributed by atoms with Crippen LogP contribution in [-0.2, 0) is 16.3 Å². The van der Waals surface area contributed by atoms with Gasteiger partial charge in [-0.2, -0.15) is 0 Å². The van der Waals surface area contributed by atoms with Crippen molar-refractivity contribution in [2.75, 3.05) is 28.4 Å². The highest BCUT2D eigenvalue weighted by Crippen LogP contribution is 2.41. The van der Waals surface area contributed by atoms with Crippen LogP contribution in [0.3, 0.4) is 0 Å². The van der Waals surface area contributed by atoms with Crippen LogP contribution >= 0.6 is 0 Å². The van der Waals surface area contributed by atoms with Crippen molar-refractivity contribution in [3.05, 3.63) is 54.1 Å². The van der Waals surface area contributed by atoms with Crippen LogP contribution in [0.4, 0.5) is 16.2 Å². The number of nitrogens with zero attached hydrogens (tertiary/aromatic N) is 2. The number of hydrogen-bond donors (Lipinski definition) is 0. The number of ether oxygens (including phenoxy) is 1. The number of rotatable bonds is 4. The molecule has 2 heterocycles. The summed E-state index contributed by atoms with van der Waals surface area (Å²) in [7, 11) is -1.67. The molecule has 2 aliphatic heterocycles. The summed E-state index contributed by atoms with van der Waals surface area (Å²) in [6.07, 6.45) is 0.905. The zero-order valence-corrected chi connectivity index (χ0v) is 16.1. The van der Waals surface area contributed by atoms with Gasteiger partial charge in [-0.25, -0.2) is 13.2 Å². The Morgan fingerprint density at radius 1 is 1.00 bits per heavy atom. The van der Waals surface area contributed by atoms with Crippen molar-refractivity contribution in [2.45, 2.75) is 25.4 Å². The highest BCUT2D eigenvalue weighted by Gasteiger charge is 2.54. The van der Waals surface area contributed by atoms with Crippen LogP contribution in [0.2, 0.25) is 0 Å². The molecule has 2 aromatic rings. The maximum atomic E-state index is 13.4. The molecule has 0 aromatic heterocycles. The van der Waals surface area contributed by atoms with Gasteiger partial charge in [-0.1, -0.05) is 31.2 Å². The van der Waals surface area contributed by atoms with E-state index in [2.05, 4.69) is 6.92 Å². The van der Waals surface area contributed by atoms with E-state index in [4.69, 9.17) is 4.74 Å². The predicted octanol–water partition coefficient (Wildman–Crippen LogP) is 2.87. The Balaban J connectivity index is 1.80. The lowest BCUT2D eigenvalue weighted by atomic mass is 10.1. The SMILES string of the molecule is CCc1ccc(N2C(=O)N(c3ccccc3OC)[C@H]3CS(=O)(=O)C[C@@H]32)cc1. The molecule has 7 heteroatoms. The zero-order chi connectivity index (χ0) is 19.2. The molecule has 2 aliphatic rings. The summed E-state index contributed by atoms with van der Waals surface area (Å²) in [5.41, 5.74) is 2.49. The number of benzene rings is 2. The first-order chi connectivity index (χ1) is 12.9. The van der Waals surface area contributed by atoms with E-state index in [1.54, 1.807) is 29.0 Å². The van der Waals surface area contributed by atoms with Gasteiger partial charge in [0.1, 0.15) is 5.75 Å². The van der Waals surface area contributed by atoms with Crippen molar-refractivity contribution in [3.8, 4) is 5.75 Å². The molecule has 0 spiro atoms. The van der Waals surface area contributed by atoms with Crippen molar-refractivity contribution in [1.82, 2.24) is 0 Å². The molecule has 2 saturated heterocycles. The second-order valence-electron chi connectivity index (χ2n) is 6.93. The largest absolute Gasteiger partial charge is 0.495 e. The number of amides is 2. The highest BCUT2D eigenvalue weighted by atomic mass is 32.2. The minimum atomic E-state index is -3.22. The fraction of sp³-hybridized carbons (Fsp3) is 0.350. The van der Waals surface area contributed by atoms with Gasteiger partial charge in [-0.05, 0) is 36.2 Å². The first-order valence-electron chi connectivity index (χ1n) is 9.00. The average Bonchev–Trinajstić information content (AvgIpc) is 3.10. The van der Waals surface area contributed by atoms with Crippen molar-refractivity contribution >= 4 is 27.2 Å². The number of anilines is 2. The summed E-state index contributed by atoms with van der Waals surface area (Å²) in [5, 5.41) is 0. The van der Waals surface area contributed by atoms with Gasteiger partial charge in [0, 0.05) is 5.69 Å². The summed E-state index contributed by atoms with van der Waals surface area (Å²) in [5.74, 6) is 0.493. The first-order valence-corrected chi connectivity index (χ1v) is 10.8. The maximum absolute atomic E-state index is 13.4. The molecule has 6 nitrogen and oxygen atoms in total. The first kappa shape index (κ1) is 17.9. The molecule has 27 heavy (non-hydrogen) atoms. The van der Waals surface area contributed by atoms with Gasteiger partial charge in [-0.3, -0.25) is 9.80 Å². The number of aryl methyl sites for hydroxylation is 1. The Hall–Kier alpha value is -2.54. The number of methoxy groups -OCH3 is 1. The zero-order valence-electron chi connectivity index (χ0n) is 15.3. The van der Waals surface area contributed by atoms with E-state index in [1.807, 2.05) is 36.4 Å². The Kier molecular flexibility index (Phi) is 4.34. The summed E-state index contributed by atoms with van der Waals surface area (Å²) in [4.78, 5) is 16.6. The lowest BCUT2D eigenvalue weighted by Crippen LogP contribution is -2.38. The topological polar surface area (TPSA) is 66.9 Å². The third kappa shape index (κ3) is 2.96. The van der Waals surface area contributed by atoms with Crippen LogP contribution in [-0.4, -0.2) is 45.1 Å². The van der Waals surface area contributed by atoms with E-state index in [9.17, 15) is 13.2 Å². The van der Waals surface area contributed by atoms with E-state index in [0.717, 1.165) is 12.1 Å². The van der Waals surface area contributed by atoms with Gasteiger partial charge in [0.05, 0.1) is 36.4 Å². The lowest BCUT2D eigenvalue weighted by molar-refractivity contribution is 0.255. The summed E-state index contributed by atoms with van der Waals surface area (Å²) in [6.45, 7) is 2.07. The molecular weight excluding hydrogens is 364 g/mol. The molecule has 142 valence electrons. The molecule has 0 saturated carbocycles. The Labute approximate surface area is 159 Å². The monoisotopic (exact) mass is 386 g/mol. The summed E-state index contributed by atoms with van der Waals surface area (Å²) >= 11 is 0. The quantitative estimate of drug-likeness (QED) is 0.758. The number of hydrogen-bond acceptors (Lipinski definition) is 4. The molecular formula is C20H22N2O4S. The average molecular weight is 386 g/mol. The Bertz CT molecular complexity index is 972. The van der Waals surface area contributed by atoms with Crippen molar-refractivity contribution in [3.63, 3.8) is 0 Å². The molecule has 4 rings (SSSR count). The maximum Gasteiger partial charge on any atom is 0.329 e. The predicted molar refractivity (Wildman–Crippen MR) is 105 cm³/mol. The number of sulfone groups is 1. The molecule has 0 unspecified atom stereocenters. The number of urea groups is 1. The van der Waals surface area contributed by atoms with E-state index < -0.39 is 21.9 Å². The number of carbonyl (C=O) groups excluding carboxylic acids is 1. The van der Waals surface area contributed by atoms with Gasteiger partial charge in [0.25, 0.3) is 0 Å². The van der Waals surface area contributed by atoms with Crippen LogP contribution in [0.15, 0.2) is 48.5 Å². The van der Waals surface area contributed by atoms with Crippen LogP contribution in [0.1, 0.15) is 12.5 Å². The van der Waals surface area contributed by atoms with Crippen LogP contribution in [0.25, 0.3) is 0 Å². The number of para-hydroxylation sites is 2. The molecule has 2 fully saturated rings. The fourth-order valence-electron chi connectivity index (χ4n) is 4.01. The van der Waals surface area contributed by atoms with Gasteiger partial charge < -0.3 is 4.74 Å². The van der Waals surface area contributed by atoms with E-state index in [-0.39, 0.29) is 17.5 Å². The van der Waals surface area contributed by atoms with Crippen LogP contribution in [0.5, 0.6) is 5.75 Å². The summed E-state index contributed by atoms with van der Waals surface area (Å²) in [6, 6.07) is 13.9. The lowest BCUT2D eigenvalue weighted by Gasteiger charge is -2.24. The van der Waals surface area contributed by atoms with Crippen molar-refractivity contribution < 1.29 is 17.9 Å². The molecule has 0 N–H and O–H groups in total. The van der Waals surface area contributed by atoms with Gasteiger partial charge in [-0.15, -0.1) is 0 Å². The smallest absolute Gasteiger partial charge is 0.329 e. The fourth-order valence-corrected chi connectivity index (χ4v) is 5.93. The summed E-state index contributed by atoms with van der Waals surface area (Å²) < 4.78 is 30.1. The molecule has 0 radical (unpaired) electrons. The second-order valence-corrected chi connectivity index (χ2v) is 9.08. The number of fused-ring (bicyclic) bond motifs is 1. The van der Waals surface area contributed by atoms with Gasteiger partial charge in [0.2, 0.25) is 0 Å². The Morgan fingerprint density at radius 3 is 2.26 bits per heavy atom. The van der Waals surface area contributed by atoms with Gasteiger partial charge in [0.15, 0.2) is 9.84 Å². The molecule has 2 amide bonds. The third-order valence-electron chi connectivity index (χ3n) is 5.34. The molecule has 2 atom stereocenters. The van der Waals surface area contributed by atoms with E-state index in [0.29, 0.717) is 11.4 Å². The highest BCUT2D eigenvalue weighted by molar-refractivity contribution is 7.91. The van der Waals surface area contributed by atoms with Crippen molar-refractivity contribution in [1.29, 1.82) is 0 Å². The molecule has 0 aliphatic carbocycles. The van der Waals surface area contributed by atoms with Crippen LogP contribution in [0, 0.1) is 0 Å². The third-order valence-corrected chi connectivity index (χ3v) is 7.04. The van der Waals surface area contributed by atoms with Gasteiger partial charge >= 0.3 is 6.03 Å². The normalized spacial score (nSPS) is 23.6. The minimum absolute atomic E-state index is 0.0232. The molecule has 0 bridgehead atoms. The standard InChI is InChI=1S/C20H22N2O4S/c1-3-14-8-10-15(11-9-14)21-17-12-27(24,25)13-18(17)22(20(21)23)16-6-4-5-7-19(16)26-2/h4-11,17-18H,3,12-13H2,1-2H3/t17-,18-/m0/s1. The molecule has 2 aromatic carbocycles. The Morgan fingerprint density at radius 2 is 1.63 bits per heavy atom. The minimum Gasteiger partial charge on any atom is -0.495 e. The van der Waals surface area contributed by atoms with E-state index >= 15 is 0 Å². The van der Waals surface area contributed by atoms with Crippen molar-refractivity contribution in [2.24, 2.45) is 0 Å². The number of carbonyl (C=O) groups is 1.